The summed E-state index contributed by atoms with van der Waals surface area (Å²) in [6, 6.07) is 10.6. The summed E-state index contributed by atoms with van der Waals surface area (Å²) in [5.41, 5.74) is 2.44. The number of nitrogens with zero attached hydrogens (tertiary/aromatic N) is 2. The number of benzene rings is 1. The number of rotatable bonds is 5. The van der Waals surface area contributed by atoms with E-state index in [-0.39, 0.29) is 6.04 Å². The van der Waals surface area contributed by atoms with Crippen LogP contribution in [0.4, 0.5) is 0 Å². The number of aryl methyl sites for hydroxylation is 1. The Hall–Kier alpha value is -1.33. The van der Waals surface area contributed by atoms with E-state index in [1.807, 2.05) is 12.1 Å². The van der Waals surface area contributed by atoms with Crippen LogP contribution in [0.25, 0.3) is 0 Å². The van der Waals surface area contributed by atoms with E-state index in [0.29, 0.717) is 0 Å². The van der Waals surface area contributed by atoms with Crippen molar-refractivity contribution in [1.82, 2.24) is 4.90 Å². The Balaban J connectivity index is 3.08. The van der Waals surface area contributed by atoms with Gasteiger partial charge in [0.25, 0.3) is 0 Å². The predicted octanol–water partition coefficient (Wildman–Crippen LogP) is 3.16. The van der Waals surface area contributed by atoms with Crippen molar-refractivity contribution in [3.05, 3.63) is 35.4 Å². The Morgan fingerprint density at radius 3 is 2.31 bits per heavy atom. The largest absolute Gasteiger partial charge is 0.285 e. The lowest BCUT2D eigenvalue weighted by molar-refractivity contribution is 0.261. The summed E-state index contributed by atoms with van der Waals surface area (Å²) in [7, 11) is 0. The lowest BCUT2D eigenvalue weighted by Crippen LogP contribution is -2.28. The summed E-state index contributed by atoms with van der Waals surface area (Å²) in [6.45, 7) is 8.15. The maximum absolute atomic E-state index is 9.34. The van der Waals surface area contributed by atoms with Crippen LogP contribution in [-0.4, -0.2) is 18.0 Å². The van der Waals surface area contributed by atoms with E-state index in [1.54, 1.807) is 0 Å². The Labute approximate surface area is 98.5 Å². The highest BCUT2D eigenvalue weighted by atomic mass is 15.1. The minimum Gasteiger partial charge on any atom is -0.285 e. The fraction of sp³-hybridized carbons (Fsp3) is 0.500. The molecule has 86 valence electrons. The zero-order chi connectivity index (χ0) is 12.0. The molecule has 0 fully saturated rings. The average molecular weight is 216 g/mol. The van der Waals surface area contributed by atoms with Crippen molar-refractivity contribution in [3.63, 3.8) is 0 Å². The van der Waals surface area contributed by atoms with Gasteiger partial charge in [0.05, 0.1) is 6.07 Å². The summed E-state index contributed by atoms with van der Waals surface area (Å²) in [4.78, 5) is 2.19. The van der Waals surface area contributed by atoms with Gasteiger partial charge in [-0.1, -0.05) is 45.0 Å². The first kappa shape index (κ1) is 12.7. The molecule has 0 aliphatic rings. The van der Waals surface area contributed by atoms with Gasteiger partial charge < -0.3 is 0 Å². The topological polar surface area (TPSA) is 27.0 Å². The monoisotopic (exact) mass is 216 g/mol. The zero-order valence-electron chi connectivity index (χ0n) is 10.4. The van der Waals surface area contributed by atoms with E-state index in [1.165, 1.54) is 5.56 Å². The van der Waals surface area contributed by atoms with Gasteiger partial charge in [0, 0.05) is 0 Å². The van der Waals surface area contributed by atoms with Crippen molar-refractivity contribution in [2.24, 2.45) is 0 Å². The molecule has 0 radical (unpaired) electrons. The molecule has 1 unspecified atom stereocenters. The summed E-state index contributed by atoms with van der Waals surface area (Å²) in [5.74, 6) is 0. The lowest BCUT2D eigenvalue weighted by atomic mass is 9.98. The fourth-order valence-corrected chi connectivity index (χ4v) is 2.06. The molecular weight excluding hydrogens is 196 g/mol. The molecule has 0 N–H and O–H groups in total. The fourth-order valence-electron chi connectivity index (χ4n) is 2.06. The van der Waals surface area contributed by atoms with Crippen LogP contribution in [0.2, 0.25) is 0 Å². The highest BCUT2D eigenvalue weighted by molar-refractivity contribution is 5.33. The molecule has 0 bridgehead atoms. The van der Waals surface area contributed by atoms with E-state index in [2.05, 4.69) is 43.9 Å². The number of hydrogen-bond acceptors (Lipinski definition) is 2. The molecule has 16 heavy (non-hydrogen) atoms. The molecule has 0 saturated carbocycles. The van der Waals surface area contributed by atoms with Gasteiger partial charge in [-0.25, -0.2) is 0 Å². The molecule has 0 aromatic heterocycles. The molecule has 1 atom stereocenters. The van der Waals surface area contributed by atoms with Crippen molar-refractivity contribution in [2.45, 2.75) is 33.2 Å². The minimum atomic E-state index is -0.105. The third-order valence-electron chi connectivity index (χ3n) is 3.03. The molecule has 0 heterocycles. The third-order valence-corrected chi connectivity index (χ3v) is 3.03. The zero-order valence-corrected chi connectivity index (χ0v) is 10.4. The van der Waals surface area contributed by atoms with Gasteiger partial charge in [-0.2, -0.15) is 5.26 Å². The Morgan fingerprint density at radius 1 is 1.19 bits per heavy atom. The quantitative estimate of drug-likeness (QED) is 0.756. The number of hydrogen-bond donors (Lipinski definition) is 0. The van der Waals surface area contributed by atoms with Gasteiger partial charge in [-0.3, -0.25) is 4.90 Å². The minimum absolute atomic E-state index is 0.105. The molecule has 2 nitrogen and oxygen atoms in total. The highest BCUT2D eigenvalue weighted by Crippen LogP contribution is 2.23. The SMILES string of the molecule is CCc1ccccc1C(C#N)N(CC)CC. The van der Waals surface area contributed by atoms with Gasteiger partial charge in [0.2, 0.25) is 0 Å². The Morgan fingerprint density at radius 2 is 1.81 bits per heavy atom. The molecule has 1 aromatic rings. The van der Waals surface area contributed by atoms with Gasteiger partial charge in [0.15, 0.2) is 0 Å². The molecule has 0 saturated heterocycles. The van der Waals surface area contributed by atoms with Crippen molar-refractivity contribution >= 4 is 0 Å². The van der Waals surface area contributed by atoms with E-state index >= 15 is 0 Å². The Bertz CT molecular complexity index is 361. The van der Waals surface area contributed by atoms with Crippen molar-refractivity contribution in [1.29, 1.82) is 5.26 Å². The van der Waals surface area contributed by atoms with Gasteiger partial charge in [-0.15, -0.1) is 0 Å². The van der Waals surface area contributed by atoms with Crippen LogP contribution in [0.5, 0.6) is 0 Å². The van der Waals surface area contributed by atoms with Gasteiger partial charge >= 0.3 is 0 Å². The molecule has 1 aromatic carbocycles. The van der Waals surface area contributed by atoms with E-state index in [9.17, 15) is 5.26 Å². The summed E-state index contributed by atoms with van der Waals surface area (Å²) >= 11 is 0. The summed E-state index contributed by atoms with van der Waals surface area (Å²) in [5, 5.41) is 9.34. The third kappa shape index (κ3) is 2.62. The second-order valence-corrected chi connectivity index (χ2v) is 3.81. The van der Waals surface area contributed by atoms with Gasteiger partial charge in [-0.05, 0) is 30.6 Å². The maximum Gasteiger partial charge on any atom is 0.124 e. The number of nitriles is 1. The normalized spacial score (nSPS) is 12.4. The van der Waals surface area contributed by atoms with Crippen LogP contribution in [0.15, 0.2) is 24.3 Å². The van der Waals surface area contributed by atoms with E-state index < -0.39 is 0 Å². The molecular formula is C14H20N2. The van der Waals surface area contributed by atoms with Crippen LogP contribution in [0.1, 0.15) is 37.9 Å². The molecule has 1 rings (SSSR count). The smallest absolute Gasteiger partial charge is 0.124 e. The van der Waals surface area contributed by atoms with Crippen LogP contribution < -0.4 is 0 Å². The first-order valence-corrected chi connectivity index (χ1v) is 5.99. The second kappa shape index (κ2) is 6.30. The molecule has 0 aliphatic heterocycles. The molecule has 0 aliphatic carbocycles. The molecule has 0 spiro atoms. The highest BCUT2D eigenvalue weighted by Gasteiger charge is 2.18. The first-order valence-electron chi connectivity index (χ1n) is 5.99. The first-order chi connectivity index (χ1) is 7.78. The van der Waals surface area contributed by atoms with Crippen LogP contribution in [0.3, 0.4) is 0 Å². The predicted molar refractivity (Wildman–Crippen MR) is 67.1 cm³/mol. The van der Waals surface area contributed by atoms with Crippen LogP contribution >= 0.6 is 0 Å². The Kier molecular flexibility index (Phi) is 5.01. The average Bonchev–Trinajstić information content (AvgIpc) is 2.35. The summed E-state index contributed by atoms with van der Waals surface area (Å²) < 4.78 is 0. The second-order valence-electron chi connectivity index (χ2n) is 3.81. The maximum atomic E-state index is 9.34. The van der Waals surface area contributed by atoms with Crippen LogP contribution in [-0.2, 0) is 6.42 Å². The molecule has 0 amide bonds. The van der Waals surface area contributed by atoms with Crippen molar-refractivity contribution in [3.8, 4) is 6.07 Å². The van der Waals surface area contributed by atoms with Crippen molar-refractivity contribution in [2.75, 3.05) is 13.1 Å². The summed E-state index contributed by atoms with van der Waals surface area (Å²) in [6.07, 6.45) is 0.982. The van der Waals surface area contributed by atoms with E-state index in [0.717, 1.165) is 25.1 Å². The van der Waals surface area contributed by atoms with Crippen molar-refractivity contribution < 1.29 is 0 Å². The molecule has 2 heteroatoms. The van der Waals surface area contributed by atoms with Gasteiger partial charge in [0.1, 0.15) is 6.04 Å². The van der Waals surface area contributed by atoms with E-state index in [4.69, 9.17) is 0 Å². The standard InChI is InChI=1S/C14H20N2/c1-4-12-9-7-8-10-13(12)14(11-15)16(5-2)6-3/h7-10,14H,4-6H2,1-3H3. The lowest BCUT2D eigenvalue weighted by Gasteiger charge is -2.25. The van der Waals surface area contributed by atoms with Crippen LogP contribution in [0, 0.1) is 11.3 Å².